The minimum atomic E-state index is -4.63. The number of nitrogens with one attached hydrogen (secondary N) is 1. The van der Waals surface area contributed by atoms with Crippen LogP contribution in [0, 0.1) is 11.7 Å². The van der Waals surface area contributed by atoms with Crippen molar-refractivity contribution in [3.05, 3.63) is 83.9 Å². The van der Waals surface area contributed by atoms with Gasteiger partial charge in [-0.15, -0.1) is 0 Å². The first-order valence-electron chi connectivity index (χ1n) is 10.5. The number of benzene rings is 2. The quantitative estimate of drug-likeness (QED) is 0.451. The Morgan fingerprint density at radius 2 is 1.78 bits per heavy atom. The van der Waals surface area contributed by atoms with Gasteiger partial charge < -0.3 is 5.32 Å². The normalized spacial score (nSPS) is 18.9. The Labute approximate surface area is 183 Å². The molecule has 1 saturated carbocycles. The zero-order valence-corrected chi connectivity index (χ0v) is 17.2. The van der Waals surface area contributed by atoms with Gasteiger partial charge in [0.15, 0.2) is 0 Å². The summed E-state index contributed by atoms with van der Waals surface area (Å²) in [7, 11) is 0. The van der Waals surface area contributed by atoms with Gasteiger partial charge in [0.2, 0.25) is 5.91 Å². The van der Waals surface area contributed by atoms with Gasteiger partial charge in [0.1, 0.15) is 5.82 Å². The van der Waals surface area contributed by atoms with Gasteiger partial charge in [-0.3, -0.25) is 9.78 Å². The standard InChI is InChI=1S/C25H22F4N2O/c26-22-14-21(25(27,28)29)10-11-23(22)31-24(32)19-4-1-3-18(13-19)16-6-8-17(9-7-16)20-5-2-12-30-15-20/h2,5-12,14-15,18-19H,1,3-4,13H2,(H,31,32). The largest absolute Gasteiger partial charge is 0.416 e. The van der Waals surface area contributed by atoms with Crippen LogP contribution in [0.4, 0.5) is 23.2 Å². The van der Waals surface area contributed by atoms with Gasteiger partial charge in [0.05, 0.1) is 11.3 Å². The molecular weight excluding hydrogens is 420 g/mol. The van der Waals surface area contributed by atoms with Crippen LogP contribution in [0.3, 0.4) is 0 Å². The van der Waals surface area contributed by atoms with Crippen molar-refractivity contribution in [3.63, 3.8) is 0 Å². The Morgan fingerprint density at radius 3 is 2.44 bits per heavy atom. The van der Waals surface area contributed by atoms with E-state index in [4.69, 9.17) is 0 Å². The van der Waals surface area contributed by atoms with Crippen molar-refractivity contribution < 1.29 is 22.4 Å². The van der Waals surface area contributed by atoms with Crippen molar-refractivity contribution in [1.82, 2.24) is 4.98 Å². The molecule has 3 aromatic rings. The third-order valence-corrected chi connectivity index (χ3v) is 5.98. The molecule has 1 aromatic heterocycles. The molecule has 3 nitrogen and oxygen atoms in total. The fraction of sp³-hybridized carbons (Fsp3) is 0.280. The number of nitrogens with zero attached hydrogens (tertiary/aromatic N) is 1. The van der Waals surface area contributed by atoms with Gasteiger partial charge in [0, 0.05) is 18.3 Å². The van der Waals surface area contributed by atoms with Gasteiger partial charge in [-0.2, -0.15) is 13.2 Å². The highest BCUT2D eigenvalue weighted by atomic mass is 19.4. The van der Waals surface area contributed by atoms with E-state index in [-0.39, 0.29) is 23.4 Å². The number of halogens is 4. The fourth-order valence-corrected chi connectivity index (χ4v) is 4.24. The Kier molecular flexibility index (Phi) is 6.26. The number of hydrogen-bond acceptors (Lipinski definition) is 2. The van der Waals surface area contributed by atoms with E-state index in [9.17, 15) is 22.4 Å². The van der Waals surface area contributed by atoms with Gasteiger partial charge >= 0.3 is 6.18 Å². The summed E-state index contributed by atoms with van der Waals surface area (Å²) in [6, 6.07) is 14.2. The van der Waals surface area contributed by atoms with E-state index in [1.54, 1.807) is 12.4 Å². The minimum absolute atomic E-state index is 0.194. The predicted molar refractivity (Wildman–Crippen MR) is 114 cm³/mol. The Bertz CT molecular complexity index is 1080. The maximum absolute atomic E-state index is 14.1. The van der Waals surface area contributed by atoms with E-state index in [0.717, 1.165) is 41.7 Å². The maximum Gasteiger partial charge on any atom is 0.416 e. The summed E-state index contributed by atoms with van der Waals surface area (Å²) in [6.07, 6.45) is 1.97. The van der Waals surface area contributed by atoms with Crippen molar-refractivity contribution in [3.8, 4) is 11.1 Å². The highest BCUT2D eigenvalue weighted by molar-refractivity contribution is 5.92. The summed E-state index contributed by atoms with van der Waals surface area (Å²) in [5.41, 5.74) is 1.91. The van der Waals surface area contributed by atoms with E-state index in [0.29, 0.717) is 18.9 Å². The molecule has 32 heavy (non-hydrogen) atoms. The van der Waals surface area contributed by atoms with Crippen molar-refractivity contribution in [1.29, 1.82) is 0 Å². The molecule has 7 heteroatoms. The van der Waals surface area contributed by atoms with Gasteiger partial charge in [-0.25, -0.2) is 4.39 Å². The van der Waals surface area contributed by atoms with Crippen molar-refractivity contribution >= 4 is 11.6 Å². The first kappa shape index (κ1) is 22.0. The summed E-state index contributed by atoms with van der Waals surface area (Å²) in [4.78, 5) is 16.8. The molecule has 0 radical (unpaired) electrons. The SMILES string of the molecule is O=C(Nc1ccc(C(F)(F)F)cc1F)C1CCCC(c2ccc(-c3cccnc3)cc2)C1. The number of rotatable bonds is 4. The number of pyridine rings is 1. The lowest BCUT2D eigenvalue weighted by molar-refractivity contribution is -0.137. The van der Waals surface area contributed by atoms with E-state index in [2.05, 4.69) is 22.4 Å². The van der Waals surface area contributed by atoms with Crippen LogP contribution in [0.1, 0.15) is 42.7 Å². The highest BCUT2D eigenvalue weighted by Crippen LogP contribution is 2.38. The van der Waals surface area contributed by atoms with Gasteiger partial charge in [-0.1, -0.05) is 36.8 Å². The Morgan fingerprint density at radius 1 is 1.00 bits per heavy atom. The second-order valence-electron chi connectivity index (χ2n) is 8.11. The van der Waals surface area contributed by atoms with Crippen LogP contribution in [-0.4, -0.2) is 10.9 Å². The van der Waals surface area contributed by atoms with E-state index >= 15 is 0 Å². The zero-order valence-electron chi connectivity index (χ0n) is 17.2. The molecule has 166 valence electrons. The monoisotopic (exact) mass is 442 g/mol. The van der Waals surface area contributed by atoms with E-state index in [1.807, 2.05) is 24.3 Å². The van der Waals surface area contributed by atoms with Gasteiger partial charge in [0.25, 0.3) is 0 Å². The van der Waals surface area contributed by atoms with Crippen LogP contribution in [-0.2, 0) is 11.0 Å². The summed E-state index contributed by atoms with van der Waals surface area (Å²) < 4.78 is 52.3. The third-order valence-electron chi connectivity index (χ3n) is 5.98. The first-order chi connectivity index (χ1) is 15.3. The van der Waals surface area contributed by atoms with E-state index in [1.165, 1.54) is 0 Å². The molecule has 2 aromatic carbocycles. The summed E-state index contributed by atoms with van der Waals surface area (Å²) >= 11 is 0. The van der Waals surface area contributed by atoms with Crippen LogP contribution < -0.4 is 5.32 Å². The van der Waals surface area contributed by atoms with Gasteiger partial charge in [-0.05, 0) is 66.1 Å². The number of anilines is 1. The fourth-order valence-electron chi connectivity index (χ4n) is 4.24. The predicted octanol–water partition coefficient (Wildman–Crippen LogP) is 6.82. The van der Waals surface area contributed by atoms with Crippen LogP contribution in [0.2, 0.25) is 0 Å². The van der Waals surface area contributed by atoms with Crippen LogP contribution >= 0.6 is 0 Å². The number of aromatic nitrogens is 1. The molecule has 1 aliphatic carbocycles. The molecule has 0 bridgehead atoms. The van der Waals surface area contributed by atoms with Crippen molar-refractivity contribution in [2.75, 3.05) is 5.32 Å². The van der Waals surface area contributed by atoms with Crippen LogP contribution in [0.15, 0.2) is 67.0 Å². The Hall–Kier alpha value is -3.22. The minimum Gasteiger partial charge on any atom is -0.323 e. The van der Waals surface area contributed by atoms with Crippen LogP contribution in [0.25, 0.3) is 11.1 Å². The topological polar surface area (TPSA) is 42.0 Å². The number of carbonyl (C=O) groups excluding carboxylic acids is 1. The van der Waals surface area contributed by atoms with E-state index < -0.39 is 17.6 Å². The average molecular weight is 442 g/mol. The molecule has 0 saturated heterocycles. The molecule has 2 atom stereocenters. The van der Waals surface area contributed by atoms with Crippen molar-refractivity contribution in [2.24, 2.45) is 5.92 Å². The molecular formula is C25H22F4N2O. The summed E-state index contributed by atoms with van der Waals surface area (Å²) in [5.74, 6) is -1.58. The third kappa shape index (κ3) is 4.98. The lowest BCUT2D eigenvalue weighted by Crippen LogP contribution is -2.28. The molecule has 0 spiro atoms. The summed E-state index contributed by atoms with van der Waals surface area (Å²) in [6.45, 7) is 0. The molecule has 1 amide bonds. The molecule has 1 N–H and O–H groups in total. The molecule has 4 rings (SSSR count). The maximum atomic E-state index is 14.1. The number of amides is 1. The zero-order chi connectivity index (χ0) is 22.7. The molecule has 0 aliphatic heterocycles. The first-order valence-corrected chi connectivity index (χ1v) is 10.5. The smallest absolute Gasteiger partial charge is 0.323 e. The molecule has 2 unspecified atom stereocenters. The molecule has 1 heterocycles. The molecule has 1 aliphatic rings. The number of hydrogen-bond donors (Lipinski definition) is 1. The Balaban J connectivity index is 1.42. The highest BCUT2D eigenvalue weighted by Gasteiger charge is 2.32. The second kappa shape index (κ2) is 9.10. The lowest BCUT2D eigenvalue weighted by atomic mass is 9.77. The molecule has 1 fully saturated rings. The number of carbonyl (C=O) groups is 1. The number of alkyl halides is 3. The average Bonchev–Trinajstić information content (AvgIpc) is 2.80. The van der Waals surface area contributed by atoms with Crippen molar-refractivity contribution in [2.45, 2.75) is 37.8 Å². The van der Waals surface area contributed by atoms with Crippen LogP contribution in [0.5, 0.6) is 0 Å². The lowest BCUT2D eigenvalue weighted by Gasteiger charge is -2.29. The second-order valence-corrected chi connectivity index (χ2v) is 8.11. The summed E-state index contributed by atoms with van der Waals surface area (Å²) in [5, 5.41) is 2.47.